The molecule has 126 valence electrons. The Labute approximate surface area is 150 Å². The second-order valence-corrected chi connectivity index (χ2v) is 8.40. The fourth-order valence-corrected chi connectivity index (χ4v) is 3.72. The lowest BCUT2D eigenvalue weighted by molar-refractivity contribution is 0.0980. The van der Waals surface area contributed by atoms with Gasteiger partial charge in [-0.05, 0) is 48.7 Å². The molecule has 1 aliphatic rings. The van der Waals surface area contributed by atoms with Crippen LogP contribution in [0.5, 0.6) is 0 Å². The highest BCUT2D eigenvalue weighted by molar-refractivity contribution is 7.90. The number of sulfone groups is 1. The van der Waals surface area contributed by atoms with Crippen LogP contribution in [0.25, 0.3) is 0 Å². The fourth-order valence-electron chi connectivity index (χ4n) is 2.71. The van der Waals surface area contributed by atoms with Gasteiger partial charge in [0.05, 0.1) is 9.92 Å². The van der Waals surface area contributed by atoms with Crippen molar-refractivity contribution < 1.29 is 13.2 Å². The number of anilines is 1. The number of pyridine rings is 1. The summed E-state index contributed by atoms with van der Waals surface area (Å²) in [5.41, 5.74) is 1.58. The summed E-state index contributed by atoms with van der Waals surface area (Å²) in [5, 5.41) is 0.414. The Morgan fingerprint density at radius 1 is 1.21 bits per heavy atom. The summed E-state index contributed by atoms with van der Waals surface area (Å²) in [7, 11) is -3.29. The van der Waals surface area contributed by atoms with E-state index in [0.717, 1.165) is 18.2 Å². The topological polar surface area (TPSA) is 67.3 Å². The van der Waals surface area contributed by atoms with E-state index < -0.39 is 9.84 Å². The summed E-state index contributed by atoms with van der Waals surface area (Å²) in [5.74, 6) is -0.351. The Hall–Kier alpha value is -1.63. The molecule has 0 unspecified atom stereocenters. The summed E-state index contributed by atoms with van der Waals surface area (Å²) in [6, 6.07) is 7.83. The first kappa shape index (κ1) is 17.2. The molecule has 0 bridgehead atoms. The zero-order valence-corrected chi connectivity index (χ0v) is 15.1. The molecular formula is C16H14Cl2N2O3S. The van der Waals surface area contributed by atoms with Crippen LogP contribution < -0.4 is 4.90 Å². The molecule has 0 fully saturated rings. The lowest BCUT2D eigenvalue weighted by Crippen LogP contribution is -2.36. The van der Waals surface area contributed by atoms with E-state index >= 15 is 0 Å². The lowest BCUT2D eigenvalue weighted by Gasteiger charge is -2.29. The van der Waals surface area contributed by atoms with Gasteiger partial charge in [0.2, 0.25) is 0 Å². The zero-order valence-electron chi connectivity index (χ0n) is 12.8. The van der Waals surface area contributed by atoms with Crippen LogP contribution in [0.15, 0.2) is 35.2 Å². The lowest BCUT2D eigenvalue weighted by atomic mass is 10.0. The minimum Gasteiger partial charge on any atom is -0.307 e. The number of rotatable bonds is 2. The normalized spacial score (nSPS) is 14.4. The number of aromatic nitrogens is 1. The van der Waals surface area contributed by atoms with Gasteiger partial charge in [-0.25, -0.2) is 13.4 Å². The van der Waals surface area contributed by atoms with Gasteiger partial charge in [0, 0.05) is 18.5 Å². The van der Waals surface area contributed by atoms with Crippen LogP contribution in [-0.2, 0) is 16.3 Å². The standard InChI is InChI=1S/C16H14Cl2N2O3S/c1-24(22,23)11-4-6-13-10(9-11)3-2-8-20(13)16(21)15-12(17)5-7-14(18)19-15/h4-7,9H,2-3,8H2,1H3. The Morgan fingerprint density at radius 3 is 2.67 bits per heavy atom. The first-order chi connectivity index (χ1) is 11.3. The highest BCUT2D eigenvalue weighted by Gasteiger charge is 2.27. The van der Waals surface area contributed by atoms with Crippen LogP contribution in [0.3, 0.4) is 0 Å². The van der Waals surface area contributed by atoms with E-state index in [2.05, 4.69) is 4.98 Å². The van der Waals surface area contributed by atoms with Gasteiger partial charge in [-0.1, -0.05) is 23.2 Å². The molecule has 1 aliphatic heterocycles. The number of nitrogens with zero attached hydrogens (tertiary/aromatic N) is 2. The van der Waals surface area contributed by atoms with Crippen molar-refractivity contribution in [3.8, 4) is 0 Å². The van der Waals surface area contributed by atoms with Gasteiger partial charge in [-0.3, -0.25) is 4.79 Å². The third kappa shape index (κ3) is 3.27. The van der Waals surface area contributed by atoms with Crippen molar-refractivity contribution in [2.75, 3.05) is 17.7 Å². The highest BCUT2D eigenvalue weighted by atomic mass is 35.5. The molecule has 0 N–H and O–H groups in total. The van der Waals surface area contributed by atoms with Gasteiger partial charge >= 0.3 is 0 Å². The molecule has 24 heavy (non-hydrogen) atoms. The molecule has 0 saturated heterocycles. The quantitative estimate of drug-likeness (QED) is 0.744. The minimum absolute atomic E-state index is 0.0872. The van der Waals surface area contributed by atoms with Crippen molar-refractivity contribution in [3.05, 3.63) is 51.8 Å². The van der Waals surface area contributed by atoms with E-state index in [1.54, 1.807) is 17.0 Å². The van der Waals surface area contributed by atoms with Gasteiger partial charge in [0.25, 0.3) is 5.91 Å². The second-order valence-electron chi connectivity index (χ2n) is 5.59. The Kier molecular flexibility index (Phi) is 4.55. The molecule has 0 aliphatic carbocycles. The van der Waals surface area contributed by atoms with Gasteiger partial charge in [0.15, 0.2) is 9.84 Å². The number of halogens is 2. The number of hydrogen-bond acceptors (Lipinski definition) is 4. The largest absolute Gasteiger partial charge is 0.307 e. The van der Waals surface area contributed by atoms with Gasteiger partial charge in [0.1, 0.15) is 10.8 Å². The molecule has 2 heterocycles. The number of hydrogen-bond donors (Lipinski definition) is 0. The first-order valence-corrected chi connectivity index (χ1v) is 9.89. The summed E-state index contributed by atoms with van der Waals surface area (Å²) in [4.78, 5) is 18.7. The van der Waals surface area contributed by atoms with E-state index in [1.165, 1.54) is 18.2 Å². The van der Waals surface area contributed by atoms with Gasteiger partial charge in [-0.15, -0.1) is 0 Å². The Balaban J connectivity index is 2.03. The van der Waals surface area contributed by atoms with Crippen molar-refractivity contribution in [1.82, 2.24) is 4.98 Å². The summed E-state index contributed by atoms with van der Waals surface area (Å²) >= 11 is 11.9. The number of carbonyl (C=O) groups is 1. The van der Waals surface area contributed by atoms with Gasteiger partial charge in [-0.2, -0.15) is 0 Å². The predicted octanol–water partition coefficient (Wildman–Crippen LogP) is 3.38. The van der Waals surface area contributed by atoms with Crippen molar-refractivity contribution in [2.45, 2.75) is 17.7 Å². The number of benzene rings is 1. The van der Waals surface area contributed by atoms with Crippen molar-refractivity contribution in [2.24, 2.45) is 0 Å². The maximum Gasteiger partial charge on any atom is 0.278 e. The maximum atomic E-state index is 12.8. The van der Waals surface area contributed by atoms with Gasteiger partial charge < -0.3 is 4.90 Å². The summed E-state index contributed by atoms with van der Waals surface area (Å²) in [6.45, 7) is 0.509. The molecular weight excluding hydrogens is 371 g/mol. The van der Waals surface area contributed by atoms with Crippen LogP contribution in [0, 0.1) is 0 Å². The smallest absolute Gasteiger partial charge is 0.278 e. The predicted molar refractivity (Wildman–Crippen MR) is 93.8 cm³/mol. The number of carbonyl (C=O) groups excluding carboxylic acids is 1. The van der Waals surface area contributed by atoms with Crippen LogP contribution >= 0.6 is 23.2 Å². The molecule has 1 aromatic heterocycles. The van der Waals surface area contributed by atoms with Crippen molar-refractivity contribution in [3.63, 3.8) is 0 Å². The van der Waals surface area contributed by atoms with E-state index in [1.807, 2.05) is 0 Å². The summed E-state index contributed by atoms with van der Waals surface area (Å²) < 4.78 is 23.4. The first-order valence-electron chi connectivity index (χ1n) is 7.24. The summed E-state index contributed by atoms with van der Waals surface area (Å²) in [6.07, 6.45) is 2.60. The Bertz CT molecular complexity index is 929. The average Bonchev–Trinajstić information content (AvgIpc) is 2.54. The highest BCUT2D eigenvalue weighted by Crippen LogP contribution is 2.31. The maximum absolute atomic E-state index is 12.8. The molecule has 2 aromatic rings. The molecule has 1 aromatic carbocycles. The molecule has 5 nitrogen and oxygen atoms in total. The monoisotopic (exact) mass is 384 g/mol. The zero-order chi connectivity index (χ0) is 17.5. The number of fused-ring (bicyclic) bond motifs is 1. The molecule has 8 heteroatoms. The second kappa shape index (κ2) is 6.35. The van der Waals surface area contributed by atoms with Crippen LogP contribution in [0.2, 0.25) is 10.2 Å². The molecule has 1 amide bonds. The van der Waals surface area contributed by atoms with Crippen LogP contribution in [0.1, 0.15) is 22.5 Å². The van der Waals surface area contributed by atoms with E-state index in [-0.39, 0.29) is 26.7 Å². The SMILES string of the molecule is CS(=O)(=O)c1ccc2c(c1)CCCN2C(=O)c1nc(Cl)ccc1Cl. The van der Waals surface area contributed by atoms with Crippen molar-refractivity contribution in [1.29, 1.82) is 0 Å². The third-order valence-corrected chi connectivity index (χ3v) is 5.48. The third-order valence-electron chi connectivity index (χ3n) is 3.86. The van der Waals surface area contributed by atoms with Crippen molar-refractivity contribution >= 4 is 44.6 Å². The minimum atomic E-state index is -3.29. The van der Waals surface area contributed by atoms with E-state index in [0.29, 0.717) is 18.7 Å². The Morgan fingerprint density at radius 2 is 1.96 bits per heavy atom. The number of aryl methyl sites for hydroxylation is 1. The van der Waals surface area contributed by atoms with E-state index in [9.17, 15) is 13.2 Å². The molecule has 0 radical (unpaired) electrons. The number of amides is 1. The fraction of sp³-hybridized carbons (Fsp3) is 0.250. The molecule has 0 spiro atoms. The molecule has 3 rings (SSSR count). The van der Waals surface area contributed by atoms with Crippen LogP contribution in [-0.4, -0.2) is 32.1 Å². The van der Waals surface area contributed by atoms with Crippen LogP contribution in [0.4, 0.5) is 5.69 Å². The molecule has 0 saturated carbocycles. The van der Waals surface area contributed by atoms with E-state index in [4.69, 9.17) is 23.2 Å². The molecule has 0 atom stereocenters. The average molecular weight is 385 g/mol.